The van der Waals surface area contributed by atoms with Gasteiger partial charge in [-0.3, -0.25) is 10.1 Å². The van der Waals surface area contributed by atoms with Gasteiger partial charge in [-0.25, -0.2) is 4.79 Å². The van der Waals surface area contributed by atoms with E-state index in [4.69, 9.17) is 19.9 Å². The van der Waals surface area contributed by atoms with Crippen molar-refractivity contribution in [3.05, 3.63) is 29.8 Å². The molecule has 1 amide bonds. The van der Waals surface area contributed by atoms with Gasteiger partial charge in [0, 0.05) is 11.3 Å². The average molecular weight is 306 g/mol. The van der Waals surface area contributed by atoms with Gasteiger partial charge < -0.3 is 19.9 Å². The number of Topliss-reactive ketones (excluding diaryl/α,β-unsaturated/α-hetero) is 1. The fourth-order valence-corrected chi connectivity index (χ4v) is 2.67. The number of hydrogen-bond acceptors (Lipinski definition) is 6. The number of ether oxygens (including phenoxy) is 3. The zero-order chi connectivity index (χ0) is 15.7. The van der Waals surface area contributed by atoms with Crippen LogP contribution in [0.2, 0.25) is 0 Å². The Labute approximate surface area is 127 Å². The topological polar surface area (TPSA) is 99.9 Å². The van der Waals surface area contributed by atoms with Gasteiger partial charge in [-0.15, -0.1) is 0 Å². The lowest BCUT2D eigenvalue weighted by atomic mass is 10.1. The number of amides is 1. The first-order valence-corrected chi connectivity index (χ1v) is 7.12. The number of anilines is 1. The Hall–Kier alpha value is -1.96. The van der Waals surface area contributed by atoms with Crippen LogP contribution >= 0.6 is 0 Å². The third-order valence-corrected chi connectivity index (χ3v) is 3.84. The number of carbonyl (C=O) groups excluding carboxylic acids is 2. The monoisotopic (exact) mass is 306 g/mol. The standard InChI is InChI=1S/C15H18N2O5/c1-8(18)9-2-4-10(5-3-9)17-15(19)22-12-7-21-13-11(16)6-20-14(12)13/h2-5,11-14H,6-7,16H2,1H3,(H,17,19)/t11-,12-,13-,14+/m0/s1. The molecule has 2 saturated heterocycles. The maximum atomic E-state index is 11.9. The van der Waals surface area contributed by atoms with Crippen molar-refractivity contribution in [3.8, 4) is 0 Å². The number of hydrogen-bond donors (Lipinski definition) is 2. The van der Waals surface area contributed by atoms with Crippen LogP contribution in [0.3, 0.4) is 0 Å². The molecule has 0 saturated carbocycles. The van der Waals surface area contributed by atoms with Crippen molar-refractivity contribution in [2.45, 2.75) is 31.3 Å². The van der Waals surface area contributed by atoms with E-state index in [-0.39, 0.29) is 30.6 Å². The number of ketones is 1. The van der Waals surface area contributed by atoms with Gasteiger partial charge in [-0.05, 0) is 31.2 Å². The highest BCUT2D eigenvalue weighted by atomic mass is 16.6. The molecule has 2 fully saturated rings. The molecule has 3 N–H and O–H groups in total. The molecule has 4 atom stereocenters. The summed E-state index contributed by atoms with van der Waals surface area (Å²) in [7, 11) is 0. The highest BCUT2D eigenvalue weighted by molar-refractivity contribution is 5.94. The van der Waals surface area contributed by atoms with Gasteiger partial charge >= 0.3 is 6.09 Å². The molecule has 7 nitrogen and oxygen atoms in total. The number of nitrogens with one attached hydrogen (secondary N) is 1. The van der Waals surface area contributed by atoms with Crippen molar-refractivity contribution in [2.75, 3.05) is 18.5 Å². The van der Waals surface area contributed by atoms with E-state index in [0.717, 1.165) is 0 Å². The summed E-state index contributed by atoms with van der Waals surface area (Å²) < 4.78 is 16.3. The molecule has 0 spiro atoms. The molecule has 1 aromatic rings. The van der Waals surface area contributed by atoms with Crippen molar-refractivity contribution in [1.82, 2.24) is 0 Å². The quantitative estimate of drug-likeness (QED) is 0.806. The van der Waals surface area contributed by atoms with Gasteiger partial charge in [0.25, 0.3) is 0 Å². The number of benzene rings is 1. The first-order chi connectivity index (χ1) is 10.5. The second kappa shape index (κ2) is 6.04. The summed E-state index contributed by atoms with van der Waals surface area (Å²) in [6.45, 7) is 2.17. The molecule has 22 heavy (non-hydrogen) atoms. The lowest BCUT2D eigenvalue weighted by Crippen LogP contribution is -2.38. The van der Waals surface area contributed by atoms with Crippen LogP contribution in [-0.2, 0) is 14.2 Å². The van der Waals surface area contributed by atoms with Crippen LogP contribution < -0.4 is 11.1 Å². The summed E-state index contributed by atoms with van der Waals surface area (Å²) in [6.07, 6.45) is -1.57. The number of fused-ring (bicyclic) bond motifs is 1. The summed E-state index contributed by atoms with van der Waals surface area (Å²) in [5.41, 5.74) is 6.97. The van der Waals surface area contributed by atoms with Gasteiger partial charge in [0.1, 0.15) is 12.2 Å². The second-order valence-electron chi connectivity index (χ2n) is 5.46. The van der Waals surface area contributed by atoms with Crippen LogP contribution in [0, 0.1) is 0 Å². The van der Waals surface area contributed by atoms with Crippen LogP contribution in [0.25, 0.3) is 0 Å². The maximum absolute atomic E-state index is 11.9. The van der Waals surface area contributed by atoms with Gasteiger partial charge in [0.15, 0.2) is 11.9 Å². The molecule has 0 unspecified atom stereocenters. The Morgan fingerprint density at radius 1 is 1.18 bits per heavy atom. The van der Waals surface area contributed by atoms with Crippen LogP contribution in [0.15, 0.2) is 24.3 Å². The Morgan fingerprint density at radius 3 is 2.55 bits per heavy atom. The van der Waals surface area contributed by atoms with Gasteiger partial charge in [-0.1, -0.05) is 0 Å². The summed E-state index contributed by atoms with van der Waals surface area (Å²) in [6, 6.07) is 6.40. The van der Waals surface area contributed by atoms with Crippen molar-refractivity contribution < 1.29 is 23.8 Å². The molecular formula is C15H18N2O5. The van der Waals surface area contributed by atoms with Crippen molar-refractivity contribution in [1.29, 1.82) is 0 Å². The van der Waals surface area contributed by atoms with E-state index < -0.39 is 12.2 Å². The zero-order valence-corrected chi connectivity index (χ0v) is 12.2. The molecule has 0 aliphatic carbocycles. The average Bonchev–Trinajstić information content (AvgIpc) is 3.04. The van der Waals surface area contributed by atoms with Gasteiger partial charge in [0.2, 0.25) is 0 Å². The third kappa shape index (κ3) is 2.96. The van der Waals surface area contributed by atoms with Crippen LogP contribution in [0.5, 0.6) is 0 Å². The van der Waals surface area contributed by atoms with E-state index in [2.05, 4.69) is 5.32 Å². The Balaban J connectivity index is 1.55. The molecule has 2 aliphatic rings. The molecular weight excluding hydrogens is 288 g/mol. The minimum atomic E-state index is -0.589. The van der Waals surface area contributed by atoms with E-state index in [1.165, 1.54) is 6.92 Å². The molecule has 3 rings (SSSR count). The Kier molecular flexibility index (Phi) is 4.10. The molecule has 1 aromatic carbocycles. The number of carbonyl (C=O) groups is 2. The predicted molar refractivity (Wildman–Crippen MR) is 77.8 cm³/mol. The van der Waals surface area contributed by atoms with Crippen molar-refractivity contribution in [2.24, 2.45) is 5.73 Å². The highest BCUT2D eigenvalue weighted by Crippen LogP contribution is 2.28. The summed E-state index contributed by atoms with van der Waals surface area (Å²) >= 11 is 0. The number of rotatable bonds is 3. The smallest absolute Gasteiger partial charge is 0.412 e. The Bertz CT molecular complexity index is 574. The summed E-state index contributed by atoms with van der Waals surface area (Å²) in [5, 5.41) is 2.61. The molecule has 0 radical (unpaired) electrons. The molecule has 2 aliphatic heterocycles. The number of nitrogens with two attached hydrogens (primary N) is 1. The maximum Gasteiger partial charge on any atom is 0.412 e. The van der Waals surface area contributed by atoms with Crippen LogP contribution in [0.1, 0.15) is 17.3 Å². The molecule has 7 heteroatoms. The van der Waals surface area contributed by atoms with Crippen molar-refractivity contribution in [3.63, 3.8) is 0 Å². The van der Waals surface area contributed by atoms with E-state index in [1.807, 2.05) is 0 Å². The zero-order valence-electron chi connectivity index (χ0n) is 12.2. The normalized spacial score (nSPS) is 29.9. The fourth-order valence-electron chi connectivity index (χ4n) is 2.67. The lowest BCUT2D eigenvalue weighted by molar-refractivity contribution is 0.00900. The third-order valence-electron chi connectivity index (χ3n) is 3.84. The summed E-state index contributed by atoms with van der Waals surface area (Å²) in [4.78, 5) is 23.1. The highest BCUT2D eigenvalue weighted by Gasteiger charge is 2.48. The van der Waals surface area contributed by atoms with E-state index in [9.17, 15) is 9.59 Å². The first kappa shape index (κ1) is 15.0. The molecule has 0 bridgehead atoms. The molecule has 2 heterocycles. The van der Waals surface area contributed by atoms with E-state index in [0.29, 0.717) is 17.9 Å². The second-order valence-corrected chi connectivity index (χ2v) is 5.46. The Morgan fingerprint density at radius 2 is 1.86 bits per heavy atom. The van der Waals surface area contributed by atoms with Crippen LogP contribution in [0.4, 0.5) is 10.5 Å². The van der Waals surface area contributed by atoms with Gasteiger partial charge in [0.05, 0.1) is 19.3 Å². The minimum Gasteiger partial charge on any atom is -0.441 e. The van der Waals surface area contributed by atoms with E-state index in [1.54, 1.807) is 24.3 Å². The first-order valence-electron chi connectivity index (χ1n) is 7.12. The van der Waals surface area contributed by atoms with Gasteiger partial charge in [-0.2, -0.15) is 0 Å². The summed E-state index contributed by atoms with van der Waals surface area (Å²) in [5.74, 6) is -0.0296. The lowest BCUT2D eigenvalue weighted by Gasteiger charge is -2.17. The molecule has 0 aromatic heterocycles. The fraction of sp³-hybridized carbons (Fsp3) is 0.467. The predicted octanol–water partition coefficient (Wildman–Crippen LogP) is 0.931. The van der Waals surface area contributed by atoms with E-state index >= 15 is 0 Å². The molecule has 118 valence electrons. The SMILES string of the molecule is CC(=O)c1ccc(NC(=O)O[C@H]2CO[C@@H]3[C@@H]2OC[C@@H]3N)cc1. The largest absolute Gasteiger partial charge is 0.441 e. The van der Waals surface area contributed by atoms with Crippen LogP contribution in [-0.4, -0.2) is 49.4 Å². The van der Waals surface area contributed by atoms with Crippen molar-refractivity contribution >= 4 is 17.6 Å². The minimum absolute atomic E-state index is 0.0296.